The Morgan fingerprint density at radius 1 is 1.00 bits per heavy atom. The zero-order valence-electron chi connectivity index (χ0n) is 14.5. The minimum Gasteiger partial charge on any atom is -0.496 e. The summed E-state index contributed by atoms with van der Waals surface area (Å²) in [7, 11) is 1.45. The van der Waals surface area contributed by atoms with E-state index in [1.165, 1.54) is 20.1 Å². The number of ether oxygens (including phenoxy) is 2. The second kappa shape index (κ2) is 9.17. The molecule has 0 saturated carbocycles. The molecule has 2 aromatic rings. The lowest BCUT2D eigenvalue weighted by Crippen LogP contribution is -2.27. The highest BCUT2D eigenvalue weighted by atomic mass is 16.5. The number of ketones is 1. The van der Waals surface area contributed by atoms with Crippen LogP contribution in [-0.2, 0) is 14.3 Å². The number of rotatable bonds is 7. The first kappa shape index (κ1) is 18.9. The molecule has 6 nitrogen and oxygen atoms in total. The third-order valence-corrected chi connectivity index (χ3v) is 3.38. The maximum atomic E-state index is 12.3. The molecule has 0 aliphatic heterocycles. The van der Waals surface area contributed by atoms with Crippen LogP contribution in [0.15, 0.2) is 60.3 Å². The van der Waals surface area contributed by atoms with Gasteiger partial charge in [0.1, 0.15) is 11.4 Å². The summed E-state index contributed by atoms with van der Waals surface area (Å²) in [6, 6.07) is 15.6. The SMILES string of the molecule is COc1ccccc1C(=O)COC(=O)/C(=C\c1ccccc1)NC(C)=O. The molecule has 0 aliphatic carbocycles. The van der Waals surface area contributed by atoms with Crippen molar-refractivity contribution in [2.45, 2.75) is 6.92 Å². The van der Waals surface area contributed by atoms with Gasteiger partial charge in [-0.1, -0.05) is 42.5 Å². The van der Waals surface area contributed by atoms with E-state index >= 15 is 0 Å². The summed E-state index contributed by atoms with van der Waals surface area (Å²) in [6.45, 7) is 0.816. The highest BCUT2D eigenvalue weighted by Crippen LogP contribution is 2.18. The Morgan fingerprint density at radius 3 is 2.31 bits per heavy atom. The van der Waals surface area contributed by atoms with Crippen LogP contribution in [-0.4, -0.2) is 31.4 Å². The van der Waals surface area contributed by atoms with Crippen molar-refractivity contribution in [3.8, 4) is 5.75 Å². The Labute approximate surface area is 151 Å². The van der Waals surface area contributed by atoms with E-state index in [-0.39, 0.29) is 5.70 Å². The normalized spacial score (nSPS) is 10.8. The highest BCUT2D eigenvalue weighted by Gasteiger charge is 2.17. The largest absolute Gasteiger partial charge is 0.496 e. The van der Waals surface area contributed by atoms with Gasteiger partial charge in [0.2, 0.25) is 11.7 Å². The molecule has 1 N–H and O–H groups in total. The molecule has 0 bridgehead atoms. The minimum absolute atomic E-state index is 0.0449. The lowest BCUT2D eigenvalue weighted by atomic mass is 10.1. The van der Waals surface area contributed by atoms with Gasteiger partial charge in [-0.05, 0) is 23.8 Å². The fraction of sp³-hybridized carbons (Fsp3) is 0.150. The van der Waals surface area contributed by atoms with Crippen LogP contribution in [0.5, 0.6) is 5.75 Å². The topological polar surface area (TPSA) is 81.7 Å². The Kier molecular flexibility index (Phi) is 6.68. The third kappa shape index (κ3) is 5.31. The zero-order valence-corrected chi connectivity index (χ0v) is 14.5. The first-order valence-corrected chi connectivity index (χ1v) is 7.89. The summed E-state index contributed by atoms with van der Waals surface area (Å²) in [6.07, 6.45) is 1.48. The van der Waals surface area contributed by atoms with E-state index in [0.717, 1.165) is 0 Å². The number of nitrogens with one attached hydrogen (secondary N) is 1. The van der Waals surface area contributed by atoms with E-state index in [1.807, 2.05) is 6.07 Å². The second-order valence-corrected chi connectivity index (χ2v) is 5.35. The predicted octanol–water partition coefficient (Wildman–Crippen LogP) is 2.60. The minimum atomic E-state index is -0.799. The lowest BCUT2D eigenvalue weighted by Gasteiger charge is -2.10. The fourth-order valence-electron chi connectivity index (χ4n) is 2.21. The Hall–Kier alpha value is -3.41. The zero-order chi connectivity index (χ0) is 18.9. The molecular weight excluding hydrogens is 334 g/mol. The van der Waals surface area contributed by atoms with Gasteiger partial charge in [-0.2, -0.15) is 0 Å². The molecule has 0 atom stereocenters. The average molecular weight is 353 g/mol. The quantitative estimate of drug-likeness (QED) is 0.470. The van der Waals surface area contributed by atoms with Crippen molar-refractivity contribution in [2.24, 2.45) is 0 Å². The van der Waals surface area contributed by atoms with Gasteiger partial charge in [0.15, 0.2) is 6.61 Å². The fourth-order valence-corrected chi connectivity index (χ4v) is 2.21. The highest BCUT2D eigenvalue weighted by molar-refractivity contribution is 6.02. The van der Waals surface area contributed by atoms with E-state index in [1.54, 1.807) is 48.5 Å². The smallest absolute Gasteiger partial charge is 0.355 e. The molecule has 0 aromatic heterocycles. The number of esters is 1. The molecular formula is C20H19NO5. The van der Waals surface area contributed by atoms with Crippen LogP contribution in [0.25, 0.3) is 6.08 Å². The van der Waals surface area contributed by atoms with Gasteiger partial charge in [0, 0.05) is 6.92 Å². The summed E-state index contributed by atoms with van der Waals surface area (Å²) in [5.74, 6) is -1.22. The summed E-state index contributed by atoms with van der Waals surface area (Å²) < 4.78 is 10.2. The van der Waals surface area contributed by atoms with E-state index < -0.39 is 24.3 Å². The van der Waals surface area contributed by atoms with Crippen molar-refractivity contribution in [1.82, 2.24) is 5.32 Å². The predicted molar refractivity (Wildman–Crippen MR) is 96.5 cm³/mol. The standard InChI is InChI=1S/C20H19NO5/c1-14(22)21-17(12-15-8-4-3-5-9-15)20(24)26-13-18(23)16-10-6-7-11-19(16)25-2/h3-12H,13H2,1-2H3,(H,21,22)/b17-12+. The lowest BCUT2D eigenvalue weighted by molar-refractivity contribution is -0.139. The number of methoxy groups -OCH3 is 1. The van der Waals surface area contributed by atoms with Crippen molar-refractivity contribution in [2.75, 3.05) is 13.7 Å². The maximum absolute atomic E-state index is 12.3. The van der Waals surface area contributed by atoms with Gasteiger partial charge in [0.25, 0.3) is 0 Å². The molecule has 0 fully saturated rings. The first-order valence-electron chi connectivity index (χ1n) is 7.89. The van der Waals surface area contributed by atoms with Crippen molar-refractivity contribution in [3.63, 3.8) is 0 Å². The van der Waals surface area contributed by atoms with Gasteiger partial charge in [0.05, 0.1) is 12.7 Å². The number of benzene rings is 2. The molecule has 0 heterocycles. The number of Topliss-reactive ketones (excluding diaryl/α,β-unsaturated/α-hetero) is 1. The average Bonchev–Trinajstić information content (AvgIpc) is 2.65. The van der Waals surface area contributed by atoms with Gasteiger partial charge >= 0.3 is 5.97 Å². The monoisotopic (exact) mass is 353 g/mol. The van der Waals surface area contributed by atoms with Crippen molar-refractivity contribution >= 4 is 23.7 Å². The van der Waals surface area contributed by atoms with Crippen LogP contribution in [0.3, 0.4) is 0 Å². The molecule has 0 unspecified atom stereocenters. The summed E-state index contributed by atoms with van der Waals surface area (Å²) >= 11 is 0. The van der Waals surface area contributed by atoms with E-state index in [0.29, 0.717) is 16.9 Å². The molecule has 1 amide bonds. The summed E-state index contributed by atoms with van der Waals surface area (Å²) in [4.78, 5) is 35.9. The third-order valence-electron chi connectivity index (χ3n) is 3.38. The van der Waals surface area contributed by atoms with Gasteiger partial charge in [-0.3, -0.25) is 9.59 Å². The van der Waals surface area contributed by atoms with E-state index in [9.17, 15) is 14.4 Å². The molecule has 134 valence electrons. The Bertz CT molecular complexity index is 827. The molecule has 6 heteroatoms. The van der Waals surface area contributed by atoms with Crippen molar-refractivity contribution in [3.05, 3.63) is 71.4 Å². The summed E-state index contributed by atoms with van der Waals surface area (Å²) in [5, 5.41) is 2.43. The van der Waals surface area contributed by atoms with E-state index in [2.05, 4.69) is 5.32 Å². The van der Waals surface area contributed by atoms with Crippen LogP contribution in [0.2, 0.25) is 0 Å². The number of hydrogen-bond donors (Lipinski definition) is 1. The van der Waals surface area contributed by atoms with Crippen LogP contribution in [0.1, 0.15) is 22.8 Å². The number of carbonyl (C=O) groups excluding carboxylic acids is 3. The number of amides is 1. The second-order valence-electron chi connectivity index (χ2n) is 5.35. The number of hydrogen-bond acceptors (Lipinski definition) is 5. The molecule has 0 saturated heterocycles. The first-order chi connectivity index (χ1) is 12.5. The van der Waals surface area contributed by atoms with Crippen LogP contribution >= 0.6 is 0 Å². The summed E-state index contributed by atoms with van der Waals surface area (Å²) in [5.41, 5.74) is 0.983. The number of carbonyl (C=O) groups is 3. The Morgan fingerprint density at radius 2 is 1.65 bits per heavy atom. The van der Waals surface area contributed by atoms with Gasteiger partial charge in [-0.15, -0.1) is 0 Å². The molecule has 0 radical (unpaired) electrons. The van der Waals surface area contributed by atoms with Gasteiger partial charge in [-0.25, -0.2) is 4.79 Å². The van der Waals surface area contributed by atoms with E-state index in [4.69, 9.17) is 9.47 Å². The van der Waals surface area contributed by atoms with Crippen molar-refractivity contribution in [1.29, 1.82) is 0 Å². The molecule has 0 spiro atoms. The van der Waals surface area contributed by atoms with Crippen LogP contribution in [0, 0.1) is 0 Å². The van der Waals surface area contributed by atoms with Crippen LogP contribution in [0.4, 0.5) is 0 Å². The number of para-hydroxylation sites is 1. The maximum Gasteiger partial charge on any atom is 0.355 e. The Balaban J connectivity index is 2.11. The van der Waals surface area contributed by atoms with Crippen molar-refractivity contribution < 1.29 is 23.9 Å². The molecule has 2 rings (SSSR count). The van der Waals surface area contributed by atoms with Gasteiger partial charge < -0.3 is 14.8 Å². The molecule has 0 aliphatic rings. The van der Waals surface area contributed by atoms with Crippen LogP contribution < -0.4 is 10.1 Å². The molecule has 2 aromatic carbocycles. The molecule has 26 heavy (non-hydrogen) atoms.